The Morgan fingerprint density at radius 2 is 0.972 bits per heavy atom. The van der Waals surface area contributed by atoms with Crippen LogP contribution in [0.15, 0.2) is 146 Å². The van der Waals surface area contributed by atoms with Crippen molar-refractivity contribution in [1.82, 2.24) is 4.57 Å². The summed E-state index contributed by atoms with van der Waals surface area (Å²) in [5, 5.41) is 5.04. The number of hydrogen-bond acceptors (Lipinski definition) is 1. The van der Waals surface area contributed by atoms with Gasteiger partial charge in [0.2, 0.25) is 0 Å². The molecule has 0 atom stereocenters. The predicted molar refractivity (Wildman–Crippen MR) is 153 cm³/mol. The molecule has 0 N–H and O–H groups in total. The van der Waals surface area contributed by atoms with E-state index in [1.165, 1.54) is 44.0 Å². The van der Waals surface area contributed by atoms with Gasteiger partial charge in [0, 0.05) is 33.2 Å². The molecular weight excluding hydrogens is 436 g/mol. The SMILES string of the molecule is c1ccc(N(c2ccccc2)c2cccc3c2ccc2c3c3ccccc3n2-c2ccccc2)cc1. The summed E-state index contributed by atoms with van der Waals surface area (Å²) in [6.45, 7) is 0. The van der Waals surface area contributed by atoms with Crippen LogP contribution in [0.1, 0.15) is 0 Å². The average Bonchev–Trinajstić information content (AvgIpc) is 3.30. The quantitative estimate of drug-likeness (QED) is 0.254. The van der Waals surface area contributed by atoms with Gasteiger partial charge in [0.15, 0.2) is 0 Å². The molecule has 0 bridgehead atoms. The van der Waals surface area contributed by atoms with E-state index in [0.717, 1.165) is 11.4 Å². The molecule has 1 aromatic heterocycles. The maximum atomic E-state index is 2.38. The van der Waals surface area contributed by atoms with Crippen LogP contribution in [-0.2, 0) is 0 Å². The predicted octanol–water partition coefficient (Wildman–Crippen LogP) is 9.41. The van der Waals surface area contributed by atoms with Gasteiger partial charge in [-0.25, -0.2) is 0 Å². The Labute approximate surface area is 210 Å². The molecule has 2 heteroatoms. The third-order valence-corrected chi connectivity index (χ3v) is 6.96. The number of aromatic nitrogens is 1. The lowest BCUT2D eigenvalue weighted by Crippen LogP contribution is -2.10. The van der Waals surface area contributed by atoms with Crippen molar-refractivity contribution < 1.29 is 0 Å². The number of rotatable bonds is 4. The number of nitrogens with zero attached hydrogens (tertiary/aromatic N) is 2. The fourth-order valence-electron chi connectivity index (χ4n) is 5.44. The first-order chi connectivity index (χ1) is 17.9. The highest BCUT2D eigenvalue weighted by Gasteiger charge is 2.19. The van der Waals surface area contributed by atoms with Gasteiger partial charge in [-0.3, -0.25) is 0 Å². The zero-order valence-electron chi connectivity index (χ0n) is 19.8. The van der Waals surface area contributed by atoms with Crippen molar-refractivity contribution in [3.8, 4) is 5.69 Å². The molecule has 0 aliphatic rings. The Bertz CT molecular complexity index is 1780. The lowest BCUT2D eigenvalue weighted by atomic mass is 10.0. The number of benzene rings is 6. The summed E-state index contributed by atoms with van der Waals surface area (Å²) in [6.07, 6.45) is 0. The van der Waals surface area contributed by atoms with E-state index < -0.39 is 0 Å². The fraction of sp³-hybridized carbons (Fsp3) is 0. The number of fused-ring (bicyclic) bond motifs is 5. The highest BCUT2D eigenvalue weighted by molar-refractivity contribution is 6.23. The molecular formula is C34H24N2. The Morgan fingerprint density at radius 1 is 0.389 bits per heavy atom. The molecule has 170 valence electrons. The van der Waals surface area contributed by atoms with E-state index in [4.69, 9.17) is 0 Å². The molecule has 36 heavy (non-hydrogen) atoms. The van der Waals surface area contributed by atoms with Gasteiger partial charge in [0.05, 0.1) is 16.7 Å². The van der Waals surface area contributed by atoms with Gasteiger partial charge in [-0.15, -0.1) is 0 Å². The van der Waals surface area contributed by atoms with Crippen molar-refractivity contribution in [2.24, 2.45) is 0 Å². The van der Waals surface area contributed by atoms with Crippen LogP contribution in [0, 0.1) is 0 Å². The van der Waals surface area contributed by atoms with Gasteiger partial charge in [0.25, 0.3) is 0 Å². The summed E-state index contributed by atoms with van der Waals surface area (Å²) < 4.78 is 2.38. The Morgan fingerprint density at radius 3 is 1.67 bits per heavy atom. The highest BCUT2D eigenvalue weighted by atomic mass is 15.1. The summed E-state index contributed by atoms with van der Waals surface area (Å²) in [4.78, 5) is 2.35. The van der Waals surface area contributed by atoms with Crippen molar-refractivity contribution in [2.45, 2.75) is 0 Å². The Balaban J connectivity index is 1.57. The molecule has 0 saturated heterocycles. The molecule has 7 aromatic rings. The topological polar surface area (TPSA) is 8.17 Å². The second-order valence-corrected chi connectivity index (χ2v) is 9.03. The zero-order chi connectivity index (χ0) is 23.9. The van der Waals surface area contributed by atoms with Crippen molar-refractivity contribution in [3.05, 3.63) is 146 Å². The van der Waals surface area contributed by atoms with E-state index >= 15 is 0 Å². The van der Waals surface area contributed by atoms with Gasteiger partial charge in [0.1, 0.15) is 0 Å². The molecule has 0 amide bonds. The lowest BCUT2D eigenvalue weighted by molar-refractivity contribution is 1.18. The smallest absolute Gasteiger partial charge is 0.0547 e. The minimum absolute atomic E-state index is 1.14. The standard InChI is InChI=1S/C34H24N2/c1-4-13-25(14-5-1)35(26-15-6-2-7-16-26)31-22-12-20-29-28(31)23-24-33-34(29)30-19-10-11-21-32(30)36(33)27-17-8-3-9-18-27/h1-24H. The second-order valence-electron chi connectivity index (χ2n) is 9.03. The van der Waals surface area contributed by atoms with E-state index in [1.807, 2.05) is 0 Å². The largest absolute Gasteiger partial charge is 0.310 e. The van der Waals surface area contributed by atoms with E-state index in [-0.39, 0.29) is 0 Å². The molecule has 7 rings (SSSR count). The normalized spacial score (nSPS) is 11.3. The van der Waals surface area contributed by atoms with Crippen LogP contribution in [0.25, 0.3) is 38.3 Å². The van der Waals surface area contributed by atoms with E-state index in [2.05, 4.69) is 155 Å². The first-order valence-corrected chi connectivity index (χ1v) is 12.3. The van der Waals surface area contributed by atoms with Crippen LogP contribution in [-0.4, -0.2) is 4.57 Å². The molecule has 2 nitrogen and oxygen atoms in total. The molecule has 0 fully saturated rings. The summed E-state index contributed by atoms with van der Waals surface area (Å²) in [5.41, 5.74) is 7.07. The second kappa shape index (κ2) is 8.44. The third-order valence-electron chi connectivity index (χ3n) is 6.96. The van der Waals surface area contributed by atoms with E-state index in [0.29, 0.717) is 0 Å². The summed E-state index contributed by atoms with van der Waals surface area (Å²) in [6, 6.07) is 51.8. The minimum atomic E-state index is 1.14. The number of para-hydroxylation sites is 4. The molecule has 6 aromatic carbocycles. The highest BCUT2D eigenvalue weighted by Crippen LogP contribution is 2.43. The first-order valence-electron chi connectivity index (χ1n) is 12.3. The van der Waals surface area contributed by atoms with Gasteiger partial charge in [-0.1, -0.05) is 91.0 Å². The van der Waals surface area contributed by atoms with Crippen LogP contribution in [0.3, 0.4) is 0 Å². The molecule has 0 spiro atoms. The van der Waals surface area contributed by atoms with E-state index in [9.17, 15) is 0 Å². The molecule has 0 unspecified atom stereocenters. The Hall–Kier alpha value is -4.82. The molecule has 0 aliphatic carbocycles. The summed E-state index contributed by atoms with van der Waals surface area (Å²) >= 11 is 0. The molecule has 0 radical (unpaired) electrons. The molecule has 0 aliphatic heterocycles. The van der Waals surface area contributed by atoms with Crippen molar-refractivity contribution in [2.75, 3.05) is 4.90 Å². The maximum Gasteiger partial charge on any atom is 0.0547 e. The zero-order valence-corrected chi connectivity index (χ0v) is 19.8. The average molecular weight is 461 g/mol. The van der Waals surface area contributed by atoms with Crippen LogP contribution < -0.4 is 4.90 Å². The Kier molecular flexibility index (Phi) is 4.82. The minimum Gasteiger partial charge on any atom is -0.310 e. The monoisotopic (exact) mass is 460 g/mol. The first kappa shape index (κ1) is 20.5. The number of anilines is 3. The maximum absolute atomic E-state index is 2.38. The van der Waals surface area contributed by atoms with Crippen molar-refractivity contribution in [3.63, 3.8) is 0 Å². The van der Waals surface area contributed by atoms with E-state index in [1.54, 1.807) is 0 Å². The van der Waals surface area contributed by atoms with Crippen molar-refractivity contribution in [1.29, 1.82) is 0 Å². The van der Waals surface area contributed by atoms with Gasteiger partial charge in [-0.2, -0.15) is 0 Å². The van der Waals surface area contributed by atoms with Crippen LogP contribution in [0.4, 0.5) is 17.1 Å². The van der Waals surface area contributed by atoms with Crippen LogP contribution in [0.2, 0.25) is 0 Å². The number of hydrogen-bond donors (Lipinski definition) is 0. The third kappa shape index (κ3) is 3.19. The van der Waals surface area contributed by atoms with Gasteiger partial charge >= 0.3 is 0 Å². The summed E-state index contributed by atoms with van der Waals surface area (Å²) in [5.74, 6) is 0. The van der Waals surface area contributed by atoms with Crippen molar-refractivity contribution >= 4 is 49.6 Å². The lowest BCUT2D eigenvalue weighted by Gasteiger charge is -2.27. The van der Waals surface area contributed by atoms with Gasteiger partial charge < -0.3 is 9.47 Å². The molecule has 1 heterocycles. The van der Waals surface area contributed by atoms with Crippen LogP contribution in [0.5, 0.6) is 0 Å². The van der Waals surface area contributed by atoms with Crippen LogP contribution >= 0.6 is 0 Å². The molecule has 0 saturated carbocycles. The summed E-state index contributed by atoms with van der Waals surface area (Å²) in [7, 11) is 0. The fourth-order valence-corrected chi connectivity index (χ4v) is 5.44. The van der Waals surface area contributed by atoms with Gasteiger partial charge in [-0.05, 0) is 60.0 Å².